The molecule has 5 heterocycles. The second-order valence-corrected chi connectivity index (χ2v) is 7.27. The number of fused-ring (bicyclic) bond motifs is 2. The zero-order valence-corrected chi connectivity index (χ0v) is 16.0. The Labute approximate surface area is 161 Å². The molecule has 0 atom stereocenters. The number of hydrogen-bond acceptors (Lipinski definition) is 8. The summed E-state index contributed by atoms with van der Waals surface area (Å²) in [4.78, 5) is 17.9. The standard InChI is InChI=1S/C19H20N8O/c1-10(2)15-6-14(24-19-22-9-23-27(15)19)18-25-17(26-28-18)16-11(3)21-8-12-7-20-5-4-13(12)16/h6,8-10,20H,4-5,7H2,1-3H3. The van der Waals surface area contributed by atoms with Gasteiger partial charge in [-0.2, -0.15) is 15.1 Å². The van der Waals surface area contributed by atoms with Gasteiger partial charge < -0.3 is 9.84 Å². The Morgan fingerprint density at radius 3 is 2.96 bits per heavy atom. The topological polar surface area (TPSA) is 107 Å². The fourth-order valence-corrected chi connectivity index (χ4v) is 3.65. The van der Waals surface area contributed by atoms with Gasteiger partial charge in [-0.3, -0.25) is 4.98 Å². The van der Waals surface area contributed by atoms with E-state index in [2.05, 4.69) is 49.4 Å². The minimum absolute atomic E-state index is 0.244. The van der Waals surface area contributed by atoms with Crippen molar-refractivity contribution >= 4 is 5.78 Å². The first-order chi connectivity index (χ1) is 13.6. The van der Waals surface area contributed by atoms with Crippen molar-refractivity contribution in [3.8, 4) is 23.0 Å². The molecule has 0 amide bonds. The lowest BCUT2D eigenvalue weighted by atomic mass is 9.95. The van der Waals surface area contributed by atoms with Gasteiger partial charge in [0.25, 0.3) is 11.7 Å². The van der Waals surface area contributed by atoms with Crippen molar-refractivity contribution in [1.29, 1.82) is 0 Å². The van der Waals surface area contributed by atoms with E-state index in [4.69, 9.17) is 4.52 Å². The largest absolute Gasteiger partial charge is 0.332 e. The molecular weight excluding hydrogens is 356 g/mol. The third-order valence-electron chi connectivity index (χ3n) is 5.07. The van der Waals surface area contributed by atoms with Gasteiger partial charge in [-0.15, -0.1) is 0 Å². The van der Waals surface area contributed by atoms with Gasteiger partial charge in [0.1, 0.15) is 12.0 Å². The molecule has 1 aliphatic rings. The molecule has 0 saturated heterocycles. The van der Waals surface area contributed by atoms with Gasteiger partial charge in [0.05, 0.1) is 5.69 Å². The molecule has 9 nitrogen and oxygen atoms in total. The lowest BCUT2D eigenvalue weighted by molar-refractivity contribution is 0.430. The zero-order valence-electron chi connectivity index (χ0n) is 16.0. The van der Waals surface area contributed by atoms with Gasteiger partial charge >= 0.3 is 0 Å². The molecule has 0 aromatic carbocycles. The second-order valence-electron chi connectivity index (χ2n) is 7.27. The minimum atomic E-state index is 0.244. The third kappa shape index (κ3) is 2.66. The van der Waals surface area contributed by atoms with Crippen LogP contribution in [0.4, 0.5) is 0 Å². The highest BCUT2D eigenvalue weighted by Crippen LogP contribution is 2.30. The van der Waals surface area contributed by atoms with E-state index in [1.54, 1.807) is 4.52 Å². The van der Waals surface area contributed by atoms with E-state index >= 15 is 0 Å². The molecule has 0 spiro atoms. The molecule has 0 radical (unpaired) electrons. The summed E-state index contributed by atoms with van der Waals surface area (Å²) in [5.41, 5.74) is 5.86. The SMILES string of the molecule is Cc1ncc2c(c1-c1noc(-c3cc(C(C)C)n4ncnc4n3)n1)CCNC2. The summed E-state index contributed by atoms with van der Waals surface area (Å²) in [5.74, 6) is 1.68. The predicted molar refractivity (Wildman–Crippen MR) is 102 cm³/mol. The zero-order chi connectivity index (χ0) is 19.3. The first kappa shape index (κ1) is 16.9. The molecule has 0 aliphatic carbocycles. The van der Waals surface area contributed by atoms with Gasteiger partial charge in [0.2, 0.25) is 5.82 Å². The van der Waals surface area contributed by atoms with Crippen molar-refractivity contribution < 1.29 is 4.52 Å². The van der Waals surface area contributed by atoms with Crippen LogP contribution in [0.2, 0.25) is 0 Å². The van der Waals surface area contributed by atoms with Crippen LogP contribution >= 0.6 is 0 Å². The van der Waals surface area contributed by atoms with Crippen molar-refractivity contribution in [2.24, 2.45) is 0 Å². The van der Waals surface area contributed by atoms with E-state index < -0.39 is 0 Å². The summed E-state index contributed by atoms with van der Waals surface area (Å²) in [6, 6.07) is 1.93. The quantitative estimate of drug-likeness (QED) is 0.580. The number of hydrogen-bond donors (Lipinski definition) is 1. The van der Waals surface area contributed by atoms with E-state index in [1.807, 2.05) is 19.2 Å². The lowest BCUT2D eigenvalue weighted by Gasteiger charge is -2.19. The summed E-state index contributed by atoms with van der Waals surface area (Å²) in [7, 11) is 0. The van der Waals surface area contributed by atoms with Crippen molar-refractivity contribution in [2.45, 2.75) is 39.7 Å². The van der Waals surface area contributed by atoms with Crippen LogP contribution < -0.4 is 5.32 Å². The number of aryl methyl sites for hydroxylation is 1. The Morgan fingerprint density at radius 1 is 1.21 bits per heavy atom. The van der Waals surface area contributed by atoms with Crippen LogP contribution in [0, 0.1) is 6.92 Å². The summed E-state index contributed by atoms with van der Waals surface area (Å²) < 4.78 is 7.32. The molecule has 0 saturated carbocycles. The van der Waals surface area contributed by atoms with Crippen molar-refractivity contribution in [3.63, 3.8) is 0 Å². The highest BCUT2D eigenvalue weighted by Gasteiger charge is 2.22. The van der Waals surface area contributed by atoms with Crippen molar-refractivity contribution in [2.75, 3.05) is 6.54 Å². The molecule has 0 fully saturated rings. The molecule has 0 bridgehead atoms. The maximum absolute atomic E-state index is 5.59. The fraction of sp³-hybridized carbons (Fsp3) is 0.368. The molecule has 28 heavy (non-hydrogen) atoms. The van der Waals surface area contributed by atoms with Crippen LogP contribution in [0.15, 0.2) is 23.1 Å². The number of nitrogens with zero attached hydrogens (tertiary/aromatic N) is 7. The summed E-state index contributed by atoms with van der Waals surface area (Å²) in [6.07, 6.45) is 4.34. The molecule has 0 unspecified atom stereocenters. The predicted octanol–water partition coefficient (Wildman–Crippen LogP) is 2.31. The highest BCUT2D eigenvalue weighted by atomic mass is 16.5. The first-order valence-electron chi connectivity index (χ1n) is 9.35. The fourth-order valence-electron chi connectivity index (χ4n) is 3.65. The molecule has 4 aromatic heterocycles. The van der Waals surface area contributed by atoms with E-state index in [-0.39, 0.29) is 5.92 Å². The van der Waals surface area contributed by atoms with Gasteiger partial charge in [-0.05, 0) is 43.0 Å². The van der Waals surface area contributed by atoms with Gasteiger partial charge in [0.15, 0.2) is 0 Å². The Balaban J connectivity index is 1.63. The Bertz CT molecular complexity index is 1180. The van der Waals surface area contributed by atoms with E-state index in [0.717, 1.165) is 36.5 Å². The van der Waals surface area contributed by atoms with Gasteiger partial charge in [-0.1, -0.05) is 19.0 Å². The second kappa shape index (κ2) is 6.45. The van der Waals surface area contributed by atoms with Gasteiger partial charge in [0, 0.05) is 24.0 Å². The molecule has 9 heteroatoms. The molecule has 4 aromatic rings. The first-order valence-corrected chi connectivity index (χ1v) is 9.35. The smallest absolute Gasteiger partial charge is 0.277 e. The Kier molecular flexibility index (Phi) is 3.90. The van der Waals surface area contributed by atoms with Crippen LogP contribution in [0.25, 0.3) is 28.8 Å². The summed E-state index contributed by atoms with van der Waals surface area (Å²) in [5, 5.41) is 11.9. The average Bonchev–Trinajstić information content (AvgIpc) is 3.36. The molecular formula is C19H20N8O. The number of aromatic nitrogens is 7. The third-order valence-corrected chi connectivity index (χ3v) is 5.07. The number of nitrogens with one attached hydrogen (secondary N) is 1. The summed E-state index contributed by atoms with van der Waals surface area (Å²) in [6.45, 7) is 7.91. The van der Waals surface area contributed by atoms with Crippen LogP contribution in [-0.4, -0.2) is 41.3 Å². The van der Waals surface area contributed by atoms with Crippen LogP contribution in [-0.2, 0) is 13.0 Å². The molecule has 1 aliphatic heterocycles. The maximum atomic E-state index is 5.59. The van der Waals surface area contributed by atoms with Gasteiger partial charge in [-0.25, -0.2) is 9.50 Å². The number of pyridine rings is 1. The van der Waals surface area contributed by atoms with Crippen LogP contribution in [0.5, 0.6) is 0 Å². The summed E-state index contributed by atoms with van der Waals surface area (Å²) >= 11 is 0. The highest BCUT2D eigenvalue weighted by molar-refractivity contribution is 5.66. The Morgan fingerprint density at radius 2 is 2.11 bits per heavy atom. The average molecular weight is 376 g/mol. The number of rotatable bonds is 3. The molecule has 5 rings (SSSR count). The van der Waals surface area contributed by atoms with Crippen LogP contribution in [0.3, 0.4) is 0 Å². The lowest BCUT2D eigenvalue weighted by Crippen LogP contribution is -2.24. The van der Waals surface area contributed by atoms with E-state index in [1.165, 1.54) is 17.5 Å². The monoisotopic (exact) mass is 376 g/mol. The molecule has 1 N–H and O–H groups in total. The maximum Gasteiger partial charge on any atom is 0.277 e. The van der Waals surface area contributed by atoms with E-state index in [9.17, 15) is 0 Å². The van der Waals surface area contributed by atoms with Crippen molar-refractivity contribution in [1.82, 2.24) is 40.0 Å². The van der Waals surface area contributed by atoms with Crippen LogP contribution in [0.1, 0.15) is 42.3 Å². The Hall–Kier alpha value is -3.20. The minimum Gasteiger partial charge on any atom is -0.332 e. The van der Waals surface area contributed by atoms with Crippen molar-refractivity contribution in [3.05, 3.63) is 41.1 Å². The molecule has 142 valence electrons. The normalized spacial score (nSPS) is 14.0. The van der Waals surface area contributed by atoms with E-state index in [0.29, 0.717) is 23.2 Å².